The fourth-order valence-corrected chi connectivity index (χ4v) is 2.62. The van der Waals surface area contributed by atoms with Crippen molar-refractivity contribution in [1.29, 1.82) is 0 Å². The Balaban J connectivity index is 2.04. The highest BCUT2D eigenvalue weighted by Gasteiger charge is 2.16. The quantitative estimate of drug-likeness (QED) is 0.800. The summed E-state index contributed by atoms with van der Waals surface area (Å²) in [5, 5.41) is 2.72. The highest BCUT2D eigenvalue weighted by molar-refractivity contribution is 7.92. The van der Waals surface area contributed by atoms with Crippen molar-refractivity contribution in [2.24, 2.45) is 0 Å². The Morgan fingerprint density at radius 1 is 1.12 bits per heavy atom. The summed E-state index contributed by atoms with van der Waals surface area (Å²) in [5.41, 5.74) is 0.933. The molecule has 2 rings (SSSR count). The Morgan fingerprint density at radius 2 is 1.73 bits per heavy atom. The van der Waals surface area contributed by atoms with Gasteiger partial charge in [0, 0.05) is 12.7 Å². The standard InChI is InChI=1S/C18H22N2O5S/c1-13(25-17-10-8-16(24-3)9-11-17)18(21)19-14-6-5-7-15(12-14)20(2)26(4,22)23/h5-13H,1-4H3,(H,19,21)/t13-/m0/s1. The predicted molar refractivity (Wildman–Crippen MR) is 101 cm³/mol. The third kappa shape index (κ3) is 5.13. The number of sulfonamides is 1. The lowest BCUT2D eigenvalue weighted by molar-refractivity contribution is -0.122. The second kappa shape index (κ2) is 8.09. The zero-order chi connectivity index (χ0) is 19.3. The second-order valence-electron chi connectivity index (χ2n) is 5.71. The van der Waals surface area contributed by atoms with Gasteiger partial charge in [-0.3, -0.25) is 9.10 Å². The first-order valence-electron chi connectivity index (χ1n) is 7.86. The molecule has 0 aliphatic heterocycles. The Morgan fingerprint density at radius 3 is 2.31 bits per heavy atom. The molecule has 0 aliphatic carbocycles. The maximum Gasteiger partial charge on any atom is 0.265 e. The molecule has 7 nitrogen and oxygen atoms in total. The van der Waals surface area contributed by atoms with Crippen LogP contribution in [0.25, 0.3) is 0 Å². The third-order valence-corrected chi connectivity index (χ3v) is 4.92. The van der Waals surface area contributed by atoms with E-state index in [4.69, 9.17) is 9.47 Å². The van der Waals surface area contributed by atoms with Crippen molar-refractivity contribution in [1.82, 2.24) is 0 Å². The molecule has 0 saturated carbocycles. The highest BCUT2D eigenvalue weighted by atomic mass is 32.2. The van der Waals surface area contributed by atoms with Crippen molar-refractivity contribution in [2.75, 3.05) is 30.0 Å². The van der Waals surface area contributed by atoms with Gasteiger partial charge in [0.2, 0.25) is 10.0 Å². The Labute approximate surface area is 153 Å². The van der Waals surface area contributed by atoms with Gasteiger partial charge in [-0.25, -0.2) is 8.42 Å². The number of ether oxygens (including phenoxy) is 2. The van der Waals surface area contributed by atoms with E-state index in [0.29, 0.717) is 22.9 Å². The van der Waals surface area contributed by atoms with Crippen molar-refractivity contribution in [3.8, 4) is 11.5 Å². The Kier molecular flexibility index (Phi) is 6.10. The molecule has 26 heavy (non-hydrogen) atoms. The molecule has 0 fully saturated rings. The lowest BCUT2D eigenvalue weighted by atomic mass is 10.2. The van der Waals surface area contributed by atoms with Gasteiger partial charge in [-0.1, -0.05) is 6.07 Å². The van der Waals surface area contributed by atoms with Gasteiger partial charge in [-0.05, 0) is 49.4 Å². The molecule has 0 aliphatic rings. The molecule has 8 heteroatoms. The van der Waals surface area contributed by atoms with Crippen molar-refractivity contribution < 1.29 is 22.7 Å². The zero-order valence-corrected chi connectivity index (χ0v) is 15.9. The van der Waals surface area contributed by atoms with Gasteiger partial charge in [0.25, 0.3) is 5.91 Å². The van der Waals surface area contributed by atoms with Crippen LogP contribution in [-0.4, -0.2) is 40.8 Å². The molecule has 1 atom stereocenters. The molecule has 1 amide bonds. The second-order valence-corrected chi connectivity index (χ2v) is 7.72. The number of amides is 1. The third-order valence-electron chi connectivity index (χ3n) is 3.72. The summed E-state index contributed by atoms with van der Waals surface area (Å²) in [6, 6.07) is 13.5. The van der Waals surface area contributed by atoms with E-state index in [1.165, 1.54) is 7.05 Å². The van der Waals surface area contributed by atoms with E-state index in [-0.39, 0.29) is 5.91 Å². The number of rotatable bonds is 7. The predicted octanol–water partition coefficient (Wildman–Crippen LogP) is 2.50. The highest BCUT2D eigenvalue weighted by Crippen LogP contribution is 2.21. The zero-order valence-electron chi connectivity index (χ0n) is 15.1. The molecule has 0 aromatic heterocycles. The first kappa shape index (κ1) is 19.6. The molecule has 140 valence electrons. The number of nitrogens with one attached hydrogen (secondary N) is 1. The average Bonchev–Trinajstić information content (AvgIpc) is 2.61. The Bertz CT molecular complexity index is 865. The number of anilines is 2. The topological polar surface area (TPSA) is 84.9 Å². The van der Waals surface area contributed by atoms with Crippen LogP contribution in [0.4, 0.5) is 11.4 Å². The lowest BCUT2D eigenvalue weighted by Gasteiger charge is -2.18. The smallest absolute Gasteiger partial charge is 0.265 e. The first-order chi connectivity index (χ1) is 12.2. The maximum absolute atomic E-state index is 12.3. The van der Waals surface area contributed by atoms with Gasteiger partial charge in [0.1, 0.15) is 11.5 Å². The minimum Gasteiger partial charge on any atom is -0.497 e. The largest absolute Gasteiger partial charge is 0.497 e. The van der Waals surface area contributed by atoms with Crippen molar-refractivity contribution >= 4 is 27.3 Å². The van der Waals surface area contributed by atoms with Crippen molar-refractivity contribution in [2.45, 2.75) is 13.0 Å². The van der Waals surface area contributed by atoms with Crippen LogP contribution >= 0.6 is 0 Å². The molecule has 0 heterocycles. The molecule has 0 radical (unpaired) electrons. The molecule has 0 bridgehead atoms. The fraction of sp³-hybridized carbons (Fsp3) is 0.278. The van der Waals surface area contributed by atoms with E-state index in [1.807, 2.05) is 0 Å². The van der Waals surface area contributed by atoms with Gasteiger partial charge >= 0.3 is 0 Å². The number of carbonyl (C=O) groups excluding carboxylic acids is 1. The van der Waals surface area contributed by atoms with Crippen LogP contribution in [-0.2, 0) is 14.8 Å². The van der Waals surface area contributed by atoms with E-state index in [1.54, 1.807) is 62.6 Å². The fourth-order valence-electron chi connectivity index (χ4n) is 2.13. The average molecular weight is 378 g/mol. The van der Waals surface area contributed by atoms with Crippen molar-refractivity contribution in [3.63, 3.8) is 0 Å². The van der Waals surface area contributed by atoms with E-state index in [9.17, 15) is 13.2 Å². The van der Waals surface area contributed by atoms with Gasteiger partial charge < -0.3 is 14.8 Å². The van der Waals surface area contributed by atoms with E-state index in [0.717, 1.165) is 10.6 Å². The summed E-state index contributed by atoms with van der Waals surface area (Å²) < 4.78 is 35.1. The van der Waals surface area contributed by atoms with E-state index in [2.05, 4.69) is 5.32 Å². The number of nitrogens with zero attached hydrogens (tertiary/aromatic N) is 1. The van der Waals surface area contributed by atoms with E-state index < -0.39 is 16.1 Å². The van der Waals surface area contributed by atoms with Crippen LogP contribution in [0.1, 0.15) is 6.92 Å². The number of hydrogen-bond acceptors (Lipinski definition) is 5. The van der Waals surface area contributed by atoms with Gasteiger partial charge in [0.15, 0.2) is 6.10 Å². The van der Waals surface area contributed by atoms with Crippen LogP contribution in [0.15, 0.2) is 48.5 Å². The Hall–Kier alpha value is -2.74. The molecule has 0 spiro atoms. The van der Waals surface area contributed by atoms with Crippen LogP contribution in [0.5, 0.6) is 11.5 Å². The molecule has 2 aromatic carbocycles. The number of hydrogen-bond donors (Lipinski definition) is 1. The van der Waals surface area contributed by atoms with Crippen molar-refractivity contribution in [3.05, 3.63) is 48.5 Å². The van der Waals surface area contributed by atoms with Crippen LogP contribution in [0.2, 0.25) is 0 Å². The van der Waals surface area contributed by atoms with Gasteiger partial charge in [-0.15, -0.1) is 0 Å². The molecule has 0 unspecified atom stereocenters. The summed E-state index contributed by atoms with van der Waals surface area (Å²) in [4.78, 5) is 12.3. The number of methoxy groups -OCH3 is 1. The van der Waals surface area contributed by atoms with Crippen LogP contribution < -0.4 is 19.1 Å². The van der Waals surface area contributed by atoms with E-state index >= 15 is 0 Å². The lowest BCUT2D eigenvalue weighted by Crippen LogP contribution is -2.30. The van der Waals surface area contributed by atoms with Gasteiger partial charge in [0.05, 0.1) is 19.1 Å². The summed E-state index contributed by atoms with van der Waals surface area (Å²) in [5.74, 6) is 0.889. The molecular formula is C18H22N2O5S. The van der Waals surface area contributed by atoms with Crippen LogP contribution in [0.3, 0.4) is 0 Å². The molecule has 0 saturated heterocycles. The summed E-state index contributed by atoms with van der Waals surface area (Å²) in [6.07, 6.45) is 0.378. The molecule has 1 N–H and O–H groups in total. The summed E-state index contributed by atoms with van der Waals surface area (Å²) in [7, 11) is -0.357. The van der Waals surface area contributed by atoms with Crippen LogP contribution in [0, 0.1) is 0 Å². The minimum absolute atomic E-state index is 0.347. The SMILES string of the molecule is COc1ccc(O[C@@H](C)C(=O)Nc2cccc(N(C)S(C)(=O)=O)c2)cc1. The molecule has 2 aromatic rings. The number of carbonyl (C=O) groups is 1. The first-order valence-corrected chi connectivity index (χ1v) is 9.71. The number of benzene rings is 2. The summed E-state index contributed by atoms with van der Waals surface area (Å²) in [6.45, 7) is 1.63. The summed E-state index contributed by atoms with van der Waals surface area (Å²) >= 11 is 0. The molecular weight excluding hydrogens is 356 g/mol. The van der Waals surface area contributed by atoms with Gasteiger partial charge in [-0.2, -0.15) is 0 Å². The minimum atomic E-state index is -3.38. The normalized spacial score (nSPS) is 12.2. The monoisotopic (exact) mass is 378 g/mol. The maximum atomic E-state index is 12.3.